The normalized spacial score (nSPS) is 13.2. The Morgan fingerprint density at radius 3 is 2.00 bits per heavy atom. The van der Waals surface area contributed by atoms with Crippen LogP contribution in [0.15, 0.2) is 30.3 Å². The van der Waals surface area contributed by atoms with Crippen LogP contribution in [0.5, 0.6) is 0 Å². The summed E-state index contributed by atoms with van der Waals surface area (Å²) < 4.78 is 0. The molecule has 2 unspecified atom stereocenters. The standard InChI is InChI=1S/C7H8.C3H7NO5/c1-7-5-3-2-4-6-7;5-1-2(6)3(7)4(8)9/h2-6H,1H3;2-3,5-7H,1H2. The first kappa shape index (κ1) is 14.5. The molecule has 0 aliphatic rings. The maximum atomic E-state index is 9.58. The largest absolute Gasteiger partial charge is 0.393 e. The van der Waals surface area contributed by atoms with E-state index in [1.54, 1.807) is 0 Å². The molecule has 0 bridgehead atoms. The van der Waals surface area contributed by atoms with Crippen LogP contribution in [-0.4, -0.2) is 39.2 Å². The highest BCUT2D eigenvalue weighted by Crippen LogP contribution is 1.92. The maximum Gasteiger partial charge on any atom is 0.341 e. The Bertz CT molecular complexity index is 303. The van der Waals surface area contributed by atoms with Gasteiger partial charge in [-0.2, -0.15) is 0 Å². The summed E-state index contributed by atoms with van der Waals surface area (Å²) in [6.07, 6.45) is -3.78. The molecule has 90 valence electrons. The van der Waals surface area contributed by atoms with E-state index in [1.165, 1.54) is 5.56 Å². The van der Waals surface area contributed by atoms with Crippen LogP contribution in [0.4, 0.5) is 0 Å². The van der Waals surface area contributed by atoms with Crippen molar-refractivity contribution in [3.8, 4) is 0 Å². The monoisotopic (exact) mass is 229 g/mol. The quantitative estimate of drug-likeness (QED) is 0.382. The van der Waals surface area contributed by atoms with Gasteiger partial charge in [-0.25, -0.2) is 0 Å². The van der Waals surface area contributed by atoms with E-state index < -0.39 is 23.9 Å². The molecule has 0 fully saturated rings. The number of aliphatic hydroxyl groups excluding tert-OH is 3. The number of nitrogens with zero attached hydrogens (tertiary/aromatic N) is 1. The Morgan fingerprint density at radius 1 is 1.31 bits per heavy atom. The van der Waals surface area contributed by atoms with E-state index in [9.17, 15) is 10.1 Å². The van der Waals surface area contributed by atoms with E-state index in [0.29, 0.717) is 0 Å². The number of nitro groups is 1. The second-order valence-corrected chi connectivity index (χ2v) is 3.10. The predicted molar refractivity (Wildman–Crippen MR) is 57.3 cm³/mol. The van der Waals surface area contributed by atoms with Crippen molar-refractivity contribution in [2.45, 2.75) is 19.3 Å². The van der Waals surface area contributed by atoms with Gasteiger partial charge < -0.3 is 15.3 Å². The van der Waals surface area contributed by atoms with Crippen LogP contribution in [0.25, 0.3) is 0 Å². The van der Waals surface area contributed by atoms with E-state index >= 15 is 0 Å². The van der Waals surface area contributed by atoms with Crippen LogP contribution in [0.1, 0.15) is 5.56 Å². The minimum Gasteiger partial charge on any atom is -0.393 e. The summed E-state index contributed by atoms with van der Waals surface area (Å²) >= 11 is 0. The average molecular weight is 229 g/mol. The van der Waals surface area contributed by atoms with E-state index in [-0.39, 0.29) is 0 Å². The van der Waals surface area contributed by atoms with Gasteiger partial charge in [0.1, 0.15) is 0 Å². The molecule has 0 spiro atoms. The molecule has 6 heteroatoms. The Morgan fingerprint density at radius 2 is 1.81 bits per heavy atom. The zero-order chi connectivity index (χ0) is 12.6. The topological polar surface area (TPSA) is 104 Å². The third-order valence-corrected chi connectivity index (χ3v) is 1.69. The number of rotatable bonds is 3. The van der Waals surface area contributed by atoms with E-state index in [4.69, 9.17) is 15.3 Å². The highest BCUT2D eigenvalue weighted by Gasteiger charge is 2.25. The highest BCUT2D eigenvalue weighted by molar-refractivity contribution is 5.11. The Balaban J connectivity index is 0.000000288. The second-order valence-electron chi connectivity index (χ2n) is 3.10. The van der Waals surface area contributed by atoms with E-state index in [1.807, 2.05) is 18.2 Å². The molecule has 2 atom stereocenters. The third kappa shape index (κ3) is 6.07. The molecular weight excluding hydrogens is 214 g/mol. The van der Waals surface area contributed by atoms with Gasteiger partial charge in [0, 0.05) is 0 Å². The van der Waals surface area contributed by atoms with Crippen molar-refractivity contribution >= 4 is 0 Å². The summed E-state index contributed by atoms with van der Waals surface area (Å²) in [7, 11) is 0. The first-order valence-corrected chi connectivity index (χ1v) is 4.61. The summed E-state index contributed by atoms with van der Waals surface area (Å²) in [5, 5.41) is 34.3. The van der Waals surface area contributed by atoms with Gasteiger partial charge in [-0.05, 0) is 6.92 Å². The predicted octanol–water partition coefficient (Wildman–Crippen LogP) is -0.0703. The Labute approximate surface area is 92.9 Å². The highest BCUT2D eigenvalue weighted by atomic mass is 16.7. The van der Waals surface area contributed by atoms with Crippen molar-refractivity contribution in [3.63, 3.8) is 0 Å². The van der Waals surface area contributed by atoms with Gasteiger partial charge >= 0.3 is 6.23 Å². The van der Waals surface area contributed by atoms with Gasteiger partial charge in [-0.15, -0.1) is 0 Å². The van der Waals surface area contributed by atoms with Crippen molar-refractivity contribution < 1.29 is 20.2 Å². The summed E-state index contributed by atoms with van der Waals surface area (Å²) in [6.45, 7) is 1.27. The lowest BCUT2D eigenvalue weighted by Gasteiger charge is -2.05. The first-order chi connectivity index (χ1) is 7.49. The molecule has 0 aliphatic carbocycles. The van der Waals surface area contributed by atoms with E-state index in [2.05, 4.69) is 19.1 Å². The van der Waals surface area contributed by atoms with E-state index in [0.717, 1.165) is 0 Å². The summed E-state index contributed by atoms with van der Waals surface area (Å²) in [4.78, 5) is 8.50. The lowest BCUT2D eigenvalue weighted by Crippen LogP contribution is -2.35. The molecule has 3 N–H and O–H groups in total. The smallest absolute Gasteiger partial charge is 0.341 e. The SMILES string of the molecule is Cc1ccccc1.O=[N+]([O-])C(O)C(O)CO. The molecule has 0 amide bonds. The number of benzene rings is 1. The summed E-state index contributed by atoms with van der Waals surface area (Å²) in [5.41, 5.74) is 1.32. The average Bonchev–Trinajstić information content (AvgIpc) is 2.28. The fourth-order valence-corrected chi connectivity index (χ4v) is 0.769. The minimum absolute atomic E-state index is 0.817. The zero-order valence-corrected chi connectivity index (χ0v) is 8.85. The minimum atomic E-state index is -2.09. The van der Waals surface area contributed by atoms with Gasteiger partial charge in [-0.1, -0.05) is 35.9 Å². The molecule has 0 heterocycles. The lowest BCUT2D eigenvalue weighted by atomic mass is 10.2. The van der Waals surface area contributed by atoms with Crippen molar-refractivity contribution in [1.29, 1.82) is 0 Å². The molecular formula is C10H15NO5. The molecule has 1 rings (SSSR count). The molecule has 0 aromatic heterocycles. The van der Waals surface area contributed by atoms with Crippen molar-refractivity contribution in [3.05, 3.63) is 46.0 Å². The molecule has 1 aromatic rings. The molecule has 0 aliphatic heterocycles. The van der Waals surface area contributed by atoms with Crippen LogP contribution in [-0.2, 0) is 0 Å². The number of hydrogen-bond acceptors (Lipinski definition) is 5. The Kier molecular flexibility index (Phi) is 7.02. The number of hydrogen-bond donors (Lipinski definition) is 3. The van der Waals surface area contributed by atoms with Crippen LogP contribution in [0, 0.1) is 17.0 Å². The van der Waals surface area contributed by atoms with Gasteiger partial charge in [0.2, 0.25) is 0 Å². The fourth-order valence-electron chi connectivity index (χ4n) is 0.769. The van der Waals surface area contributed by atoms with Crippen LogP contribution >= 0.6 is 0 Å². The summed E-state index contributed by atoms with van der Waals surface area (Å²) in [5.74, 6) is 0. The molecule has 0 radical (unpaired) electrons. The zero-order valence-electron chi connectivity index (χ0n) is 8.85. The second kappa shape index (κ2) is 7.75. The fraction of sp³-hybridized carbons (Fsp3) is 0.400. The molecule has 16 heavy (non-hydrogen) atoms. The number of aliphatic hydroxyl groups is 3. The van der Waals surface area contributed by atoms with Crippen LogP contribution < -0.4 is 0 Å². The third-order valence-electron chi connectivity index (χ3n) is 1.69. The van der Waals surface area contributed by atoms with Gasteiger partial charge in [0.25, 0.3) is 0 Å². The first-order valence-electron chi connectivity index (χ1n) is 4.61. The Hall–Kier alpha value is -1.50. The van der Waals surface area contributed by atoms with Crippen LogP contribution in [0.3, 0.4) is 0 Å². The molecule has 0 saturated heterocycles. The van der Waals surface area contributed by atoms with Gasteiger partial charge in [0.15, 0.2) is 6.10 Å². The summed E-state index contributed by atoms with van der Waals surface area (Å²) in [6, 6.07) is 10.3. The van der Waals surface area contributed by atoms with Crippen molar-refractivity contribution in [2.24, 2.45) is 0 Å². The lowest BCUT2D eigenvalue weighted by molar-refractivity contribution is -0.583. The molecule has 1 aromatic carbocycles. The molecule has 6 nitrogen and oxygen atoms in total. The number of aryl methyl sites for hydroxylation is 1. The van der Waals surface area contributed by atoms with Gasteiger partial charge in [-0.3, -0.25) is 10.1 Å². The maximum absolute atomic E-state index is 9.58. The van der Waals surface area contributed by atoms with Crippen LogP contribution in [0.2, 0.25) is 0 Å². The van der Waals surface area contributed by atoms with Crippen molar-refractivity contribution in [2.75, 3.05) is 6.61 Å². The van der Waals surface area contributed by atoms with Gasteiger partial charge in [0.05, 0.1) is 11.5 Å². The van der Waals surface area contributed by atoms with Crippen molar-refractivity contribution in [1.82, 2.24) is 0 Å². The molecule has 0 saturated carbocycles.